The molecule has 120 valence electrons. The number of carbonyl (C=O) groups is 1. The molecule has 0 aliphatic rings. The molecule has 0 bridgehead atoms. The van der Waals surface area contributed by atoms with E-state index in [9.17, 15) is 18.0 Å². The van der Waals surface area contributed by atoms with Crippen molar-refractivity contribution in [1.82, 2.24) is 14.8 Å². The Labute approximate surface area is 127 Å². The molecule has 0 saturated carbocycles. The minimum atomic E-state index is -4.53. The SMILES string of the molecule is Cc1nc2cc(NC(=O)Cn3ccc(C(F)(F)F)n3)ccc2o1. The summed E-state index contributed by atoms with van der Waals surface area (Å²) in [6.07, 6.45) is -3.43. The Morgan fingerprint density at radius 3 is 2.83 bits per heavy atom. The highest BCUT2D eigenvalue weighted by molar-refractivity contribution is 5.92. The van der Waals surface area contributed by atoms with Crippen molar-refractivity contribution in [2.45, 2.75) is 19.6 Å². The van der Waals surface area contributed by atoms with E-state index < -0.39 is 17.8 Å². The molecular weight excluding hydrogens is 313 g/mol. The first kappa shape index (κ1) is 15.1. The Morgan fingerprint density at radius 2 is 2.13 bits per heavy atom. The lowest BCUT2D eigenvalue weighted by Crippen LogP contribution is -2.19. The van der Waals surface area contributed by atoms with Crippen molar-refractivity contribution in [1.29, 1.82) is 0 Å². The molecule has 0 aliphatic carbocycles. The number of benzene rings is 1. The number of aromatic nitrogens is 3. The van der Waals surface area contributed by atoms with Gasteiger partial charge in [-0.2, -0.15) is 18.3 Å². The molecule has 0 spiro atoms. The van der Waals surface area contributed by atoms with Gasteiger partial charge in [-0.15, -0.1) is 0 Å². The molecule has 0 fully saturated rings. The van der Waals surface area contributed by atoms with E-state index in [1.165, 1.54) is 0 Å². The van der Waals surface area contributed by atoms with Crippen LogP contribution in [-0.4, -0.2) is 20.7 Å². The average molecular weight is 324 g/mol. The number of alkyl halides is 3. The average Bonchev–Trinajstić information content (AvgIpc) is 3.03. The molecule has 23 heavy (non-hydrogen) atoms. The van der Waals surface area contributed by atoms with Crippen LogP contribution in [0, 0.1) is 6.92 Å². The largest absolute Gasteiger partial charge is 0.441 e. The molecule has 0 atom stereocenters. The second kappa shape index (κ2) is 5.41. The lowest BCUT2D eigenvalue weighted by molar-refractivity contribution is -0.141. The second-order valence-electron chi connectivity index (χ2n) is 4.86. The van der Waals surface area contributed by atoms with E-state index in [2.05, 4.69) is 15.4 Å². The van der Waals surface area contributed by atoms with Crippen LogP contribution in [0.15, 0.2) is 34.9 Å². The van der Waals surface area contributed by atoms with E-state index in [1.807, 2.05) is 0 Å². The molecule has 1 aromatic carbocycles. The van der Waals surface area contributed by atoms with Crippen LogP contribution in [0.5, 0.6) is 0 Å². The number of amides is 1. The van der Waals surface area contributed by atoms with Gasteiger partial charge in [0.05, 0.1) is 0 Å². The molecule has 3 aromatic rings. The highest BCUT2D eigenvalue weighted by Crippen LogP contribution is 2.27. The number of nitrogens with one attached hydrogen (secondary N) is 1. The summed E-state index contributed by atoms with van der Waals surface area (Å²) in [6.45, 7) is 1.38. The first-order valence-electron chi connectivity index (χ1n) is 6.59. The van der Waals surface area contributed by atoms with Gasteiger partial charge in [0, 0.05) is 18.8 Å². The number of hydrogen-bond donors (Lipinski definition) is 1. The first-order valence-corrected chi connectivity index (χ1v) is 6.59. The number of hydrogen-bond acceptors (Lipinski definition) is 4. The zero-order chi connectivity index (χ0) is 16.6. The van der Waals surface area contributed by atoms with Gasteiger partial charge in [0.25, 0.3) is 0 Å². The molecular formula is C14H11F3N4O2. The third kappa shape index (κ3) is 3.33. The van der Waals surface area contributed by atoms with Gasteiger partial charge in [0.2, 0.25) is 5.91 Å². The summed E-state index contributed by atoms with van der Waals surface area (Å²) in [7, 11) is 0. The lowest BCUT2D eigenvalue weighted by atomic mass is 10.3. The molecule has 2 aromatic heterocycles. The number of rotatable bonds is 3. The number of carbonyl (C=O) groups excluding carboxylic acids is 1. The number of aryl methyl sites for hydroxylation is 1. The summed E-state index contributed by atoms with van der Waals surface area (Å²) in [6, 6.07) is 5.71. The predicted molar refractivity (Wildman–Crippen MR) is 74.6 cm³/mol. The Hall–Kier alpha value is -2.84. The summed E-state index contributed by atoms with van der Waals surface area (Å²) in [5.41, 5.74) is 0.602. The van der Waals surface area contributed by atoms with Gasteiger partial charge in [-0.25, -0.2) is 4.98 Å². The number of fused-ring (bicyclic) bond motifs is 1. The van der Waals surface area contributed by atoms with Crippen LogP contribution in [-0.2, 0) is 17.5 Å². The maximum Gasteiger partial charge on any atom is 0.435 e. The molecule has 1 amide bonds. The molecule has 0 aliphatic heterocycles. The van der Waals surface area contributed by atoms with Crippen molar-refractivity contribution < 1.29 is 22.4 Å². The van der Waals surface area contributed by atoms with Crippen molar-refractivity contribution in [3.05, 3.63) is 42.0 Å². The fourth-order valence-corrected chi connectivity index (χ4v) is 2.07. The van der Waals surface area contributed by atoms with Crippen LogP contribution >= 0.6 is 0 Å². The highest BCUT2D eigenvalue weighted by atomic mass is 19.4. The zero-order valence-electron chi connectivity index (χ0n) is 11.9. The molecule has 3 rings (SSSR count). The minimum absolute atomic E-state index is 0.327. The van der Waals surface area contributed by atoms with Crippen LogP contribution < -0.4 is 5.32 Å². The monoisotopic (exact) mass is 324 g/mol. The maximum atomic E-state index is 12.4. The maximum absolute atomic E-state index is 12.4. The summed E-state index contributed by atoms with van der Waals surface area (Å²) >= 11 is 0. The van der Waals surface area contributed by atoms with E-state index in [0.29, 0.717) is 22.7 Å². The zero-order valence-corrected chi connectivity index (χ0v) is 11.9. The Balaban J connectivity index is 1.69. The summed E-state index contributed by atoms with van der Waals surface area (Å²) < 4.78 is 43.6. The lowest BCUT2D eigenvalue weighted by Gasteiger charge is -2.05. The number of oxazole rings is 1. The van der Waals surface area contributed by atoms with E-state index in [-0.39, 0.29) is 6.54 Å². The molecule has 2 heterocycles. The van der Waals surface area contributed by atoms with E-state index in [0.717, 1.165) is 16.9 Å². The Morgan fingerprint density at radius 1 is 1.35 bits per heavy atom. The van der Waals surface area contributed by atoms with Crippen molar-refractivity contribution >= 4 is 22.7 Å². The molecule has 0 unspecified atom stereocenters. The number of halogens is 3. The van der Waals surface area contributed by atoms with Crippen LogP contribution in [0.3, 0.4) is 0 Å². The Bertz CT molecular complexity index is 866. The van der Waals surface area contributed by atoms with Gasteiger partial charge in [-0.05, 0) is 24.3 Å². The Kier molecular flexibility index (Phi) is 3.55. The fraction of sp³-hybridized carbons (Fsp3) is 0.214. The first-order chi connectivity index (χ1) is 10.8. The third-order valence-corrected chi connectivity index (χ3v) is 3.01. The topological polar surface area (TPSA) is 73.0 Å². The van der Waals surface area contributed by atoms with Gasteiger partial charge in [0.15, 0.2) is 17.2 Å². The number of anilines is 1. The highest BCUT2D eigenvalue weighted by Gasteiger charge is 2.33. The predicted octanol–water partition coefficient (Wildman–Crippen LogP) is 2.99. The van der Waals surface area contributed by atoms with Crippen LogP contribution in [0.4, 0.5) is 18.9 Å². The van der Waals surface area contributed by atoms with Gasteiger partial charge in [-0.3, -0.25) is 9.48 Å². The minimum Gasteiger partial charge on any atom is -0.441 e. The molecule has 0 saturated heterocycles. The molecule has 0 radical (unpaired) electrons. The second-order valence-corrected chi connectivity index (χ2v) is 4.86. The number of nitrogens with zero attached hydrogens (tertiary/aromatic N) is 3. The van der Waals surface area contributed by atoms with Crippen LogP contribution in [0.2, 0.25) is 0 Å². The third-order valence-electron chi connectivity index (χ3n) is 3.01. The fourth-order valence-electron chi connectivity index (χ4n) is 2.07. The van der Waals surface area contributed by atoms with Gasteiger partial charge < -0.3 is 9.73 Å². The van der Waals surface area contributed by atoms with Crippen molar-refractivity contribution in [2.75, 3.05) is 5.32 Å². The summed E-state index contributed by atoms with van der Waals surface area (Å²) in [5, 5.41) is 5.90. The summed E-state index contributed by atoms with van der Waals surface area (Å²) in [5.74, 6) is 0.00101. The smallest absolute Gasteiger partial charge is 0.435 e. The van der Waals surface area contributed by atoms with Crippen LogP contribution in [0.25, 0.3) is 11.1 Å². The van der Waals surface area contributed by atoms with E-state index >= 15 is 0 Å². The van der Waals surface area contributed by atoms with Gasteiger partial charge >= 0.3 is 6.18 Å². The molecule has 1 N–H and O–H groups in total. The van der Waals surface area contributed by atoms with Crippen LogP contribution in [0.1, 0.15) is 11.6 Å². The van der Waals surface area contributed by atoms with E-state index in [4.69, 9.17) is 4.42 Å². The normalized spacial score (nSPS) is 11.8. The molecule has 9 heteroatoms. The van der Waals surface area contributed by atoms with Crippen molar-refractivity contribution in [2.24, 2.45) is 0 Å². The molecule has 6 nitrogen and oxygen atoms in total. The van der Waals surface area contributed by atoms with Crippen molar-refractivity contribution in [3.8, 4) is 0 Å². The van der Waals surface area contributed by atoms with E-state index in [1.54, 1.807) is 25.1 Å². The standard InChI is InChI=1S/C14H11F3N4O2/c1-8-18-10-6-9(2-3-11(10)23-8)19-13(22)7-21-5-4-12(20-21)14(15,16)17/h2-6H,7H2,1H3,(H,19,22). The van der Waals surface area contributed by atoms with Gasteiger partial charge in [-0.1, -0.05) is 0 Å². The quantitative estimate of drug-likeness (QED) is 0.804. The van der Waals surface area contributed by atoms with Crippen molar-refractivity contribution in [3.63, 3.8) is 0 Å². The summed E-state index contributed by atoms with van der Waals surface area (Å²) in [4.78, 5) is 16.0. The van der Waals surface area contributed by atoms with Gasteiger partial charge in [0.1, 0.15) is 12.1 Å².